The molecule has 0 atom stereocenters. The minimum atomic E-state index is -0.991. The molecule has 0 fully saturated rings. The number of halogens is 1. The number of oxazole rings is 1. The van der Waals surface area contributed by atoms with Gasteiger partial charge in [-0.3, -0.25) is 4.79 Å². The molecule has 0 saturated heterocycles. The maximum atomic E-state index is 13.0. The van der Waals surface area contributed by atoms with Crippen LogP contribution >= 0.6 is 11.3 Å². The van der Waals surface area contributed by atoms with Crippen LogP contribution in [-0.2, 0) is 11.2 Å². The van der Waals surface area contributed by atoms with Crippen molar-refractivity contribution in [3.05, 3.63) is 53.4 Å². The van der Waals surface area contributed by atoms with Crippen molar-refractivity contribution in [2.24, 2.45) is 0 Å². The number of rotatable bonds is 4. The number of benzene rings is 1. The molecule has 4 nitrogen and oxygen atoms in total. The van der Waals surface area contributed by atoms with Gasteiger partial charge in [0.1, 0.15) is 23.7 Å². The van der Waals surface area contributed by atoms with Gasteiger partial charge in [-0.2, -0.15) is 0 Å². The van der Waals surface area contributed by atoms with Gasteiger partial charge in [0.25, 0.3) is 0 Å². The van der Waals surface area contributed by atoms with Gasteiger partial charge in [-0.05, 0) is 35.7 Å². The minimum Gasteiger partial charge on any atom is -0.481 e. The van der Waals surface area contributed by atoms with E-state index in [1.165, 1.54) is 23.5 Å². The van der Waals surface area contributed by atoms with Crippen LogP contribution < -0.4 is 0 Å². The Morgan fingerprint density at radius 3 is 2.67 bits per heavy atom. The van der Waals surface area contributed by atoms with Crippen molar-refractivity contribution in [1.29, 1.82) is 0 Å². The normalized spacial score (nSPS) is 10.7. The molecule has 0 aliphatic carbocycles. The van der Waals surface area contributed by atoms with Crippen LogP contribution in [0.4, 0.5) is 4.39 Å². The van der Waals surface area contributed by atoms with Crippen molar-refractivity contribution in [2.75, 3.05) is 0 Å². The van der Waals surface area contributed by atoms with Crippen LogP contribution in [0.5, 0.6) is 0 Å². The molecular weight excluding hydrogens is 293 g/mol. The Kier molecular flexibility index (Phi) is 3.53. The Balaban J connectivity index is 2.07. The highest BCUT2D eigenvalue weighted by Crippen LogP contribution is 2.32. The van der Waals surface area contributed by atoms with Crippen molar-refractivity contribution in [2.45, 2.75) is 6.42 Å². The summed E-state index contributed by atoms with van der Waals surface area (Å²) in [5.41, 5.74) is 1.12. The molecule has 3 aromatic rings. The molecule has 2 heterocycles. The molecule has 106 valence electrons. The van der Waals surface area contributed by atoms with E-state index in [9.17, 15) is 9.18 Å². The summed E-state index contributed by atoms with van der Waals surface area (Å²) in [6, 6.07) is 9.41. The summed E-state index contributed by atoms with van der Waals surface area (Å²) in [7, 11) is 0. The van der Waals surface area contributed by atoms with Gasteiger partial charge in [0.05, 0.1) is 4.88 Å². The van der Waals surface area contributed by atoms with Crippen LogP contribution in [0, 0.1) is 5.82 Å². The number of nitrogens with zero attached hydrogens (tertiary/aromatic N) is 1. The van der Waals surface area contributed by atoms with E-state index < -0.39 is 5.97 Å². The molecule has 0 spiro atoms. The van der Waals surface area contributed by atoms with Crippen molar-refractivity contribution in [1.82, 2.24) is 4.98 Å². The topological polar surface area (TPSA) is 63.3 Å². The molecule has 0 aliphatic heterocycles. The zero-order chi connectivity index (χ0) is 14.8. The molecule has 0 amide bonds. The van der Waals surface area contributed by atoms with Crippen LogP contribution in [0.2, 0.25) is 0 Å². The highest BCUT2D eigenvalue weighted by atomic mass is 32.1. The third-order valence-electron chi connectivity index (χ3n) is 2.85. The quantitative estimate of drug-likeness (QED) is 0.795. The average Bonchev–Trinajstić information content (AvgIpc) is 3.08. The van der Waals surface area contributed by atoms with E-state index in [1.807, 2.05) is 17.5 Å². The second-order valence-electron chi connectivity index (χ2n) is 4.35. The zero-order valence-electron chi connectivity index (χ0n) is 10.7. The van der Waals surface area contributed by atoms with Gasteiger partial charge < -0.3 is 9.52 Å². The molecular formula is C15H10FNO3S. The molecule has 21 heavy (non-hydrogen) atoms. The number of carboxylic acids is 1. The molecule has 0 aliphatic rings. The van der Waals surface area contributed by atoms with Crippen molar-refractivity contribution in [3.63, 3.8) is 0 Å². The Hall–Kier alpha value is -2.47. The number of aliphatic carboxylic acids is 1. The number of aromatic nitrogens is 1. The predicted octanol–water partition coefficient (Wildman–Crippen LogP) is 3.84. The third kappa shape index (κ3) is 2.85. The maximum Gasteiger partial charge on any atom is 0.311 e. The third-order valence-corrected chi connectivity index (χ3v) is 3.73. The summed E-state index contributed by atoms with van der Waals surface area (Å²) in [6.07, 6.45) is -0.249. The fourth-order valence-corrected chi connectivity index (χ4v) is 2.66. The Morgan fingerprint density at radius 2 is 2.05 bits per heavy atom. The molecule has 1 N–H and O–H groups in total. The molecule has 0 unspecified atom stereocenters. The largest absolute Gasteiger partial charge is 0.481 e. The zero-order valence-corrected chi connectivity index (χ0v) is 11.6. The van der Waals surface area contributed by atoms with Gasteiger partial charge in [0.15, 0.2) is 0 Å². The maximum absolute atomic E-state index is 13.0. The van der Waals surface area contributed by atoms with Gasteiger partial charge in [-0.25, -0.2) is 9.37 Å². The first kappa shape index (κ1) is 13.5. The van der Waals surface area contributed by atoms with Crippen LogP contribution in [0.1, 0.15) is 5.76 Å². The first-order valence-corrected chi connectivity index (χ1v) is 7.03. The van der Waals surface area contributed by atoms with Gasteiger partial charge >= 0.3 is 5.97 Å². The lowest BCUT2D eigenvalue weighted by Crippen LogP contribution is -1.99. The minimum absolute atomic E-state index is 0.249. The number of hydrogen-bond acceptors (Lipinski definition) is 4. The summed E-state index contributed by atoms with van der Waals surface area (Å²) in [6.45, 7) is 0. The fraction of sp³-hybridized carbons (Fsp3) is 0.0667. The van der Waals surface area contributed by atoms with Crippen molar-refractivity contribution in [3.8, 4) is 22.0 Å². The van der Waals surface area contributed by atoms with Gasteiger partial charge in [-0.1, -0.05) is 6.07 Å². The van der Waals surface area contributed by atoms with E-state index >= 15 is 0 Å². The lowest BCUT2D eigenvalue weighted by Gasteiger charge is -1.94. The number of hydrogen-bond donors (Lipinski definition) is 1. The summed E-state index contributed by atoms with van der Waals surface area (Å²) < 4.78 is 18.5. The highest BCUT2D eigenvalue weighted by molar-refractivity contribution is 7.13. The van der Waals surface area contributed by atoms with Crippen LogP contribution in [-0.4, -0.2) is 16.1 Å². The van der Waals surface area contributed by atoms with Gasteiger partial charge in [-0.15, -0.1) is 11.3 Å². The van der Waals surface area contributed by atoms with E-state index in [0.29, 0.717) is 17.0 Å². The second-order valence-corrected chi connectivity index (χ2v) is 5.29. The summed E-state index contributed by atoms with van der Waals surface area (Å²) in [5.74, 6) is -0.761. The highest BCUT2D eigenvalue weighted by Gasteiger charge is 2.19. The first-order valence-electron chi connectivity index (χ1n) is 6.15. The molecule has 0 saturated carbocycles. The number of thiophene rings is 1. The summed E-state index contributed by atoms with van der Waals surface area (Å²) >= 11 is 1.45. The predicted molar refractivity (Wildman–Crippen MR) is 76.5 cm³/mol. The molecule has 0 bridgehead atoms. The molecule has 2 aromatic heterocycles. The number of carbonyl (C=O) groups is 1. The SMILES string of the molecule is O=C(O)Cc1oc(-c2ccc(F)cc2)nc1-c1cccs1. The summed E-state index contributed by atoms with van der Waals surface area (Å²) in [4.78, 5) is 16.1. The average molecular weight is 303 g/mol. The standard InChI is InChI=1S/C15H10FNO3S/c16-10-5-3-9(4-6-10)15-17-14(12-2-1-7-21-12)11(20-15)8-13(18)19/h1-7H,8H2,(H,18,19). The van der Waals surface area contributed by atoms with Crippen molar-refractivity contribution >= 4 is 17.3 Å². The van der Waals surface area contributed by atoms with Gasteiger partial charge in [0, 0.05) is 5.56 Å². The Bertz CT molecular complexity index is 763. The number of carboxylic acid groups (broad SMARTS) is 1. The van der Waals surface area contributed by atoms with E-state index in [-0.39, 0.29) is 18.1 Å². The van der Waals surface area contributed by atoms with Gasteiger partial charge in [0.2, 0.25) is 5.89 Å². The second kappa shape index (κ2) is 5.49. The van der Waals surface area contributed by atoms with E-state index in [2.05, 4.69) is 4.98 Å². The first-order chi connectivity index (χ1) is 10.1. The van der Waals surface area contributed by atoms with E-state index in [4.69, 9.17) is 9.52 Å². The fourth-order valence-electron chi connectivity index (χ4n) is 1.93. The molecule has 3 rings (SSSR count). The van der Waals surface area contributed by atoms with Crippen LogP contribution in [0.25, 0.3) is 22.0 Å². The van der Waals surface area contributed by atoms with E-state index in [1.54, 1.807) is 12.1 Å². The van der Waals surface area contributed by atoms with Crippen molar-refractivity contribution < 1.29 is 18.7 Å². The monoisotopic (exact) mass is 303 g/mol. The lowest BCUT2D eigenvalue weighted by atomic mass is 10.2. The molecule has 0 radical (unpaired) electrons. The van der Waals surface area contributed by atoms with Crippen LogP contribution in [0.15, 0.2) is 46.2 Å². The lowest BCUT2D eigenvalue weighted by molar-refractivity contribution is -0.136. The molecule has 6 heteroatoms. The smallest absolute Gasteiger partial charge is 0.311 e. The molecule has 1 aromatic carbocycles. The summed E-state index contributed by atoms with van der Waals surface area (Å²) in [5, 5.41) is 10.9. The van der Waals surface area contributed by atoms with E-state index in [0.717, 1.165) is 4.88 Å². The Labute approximate surface area is 123 Å². The Morgan fingerprint density at radius 1 is 1.29 bits per heavy atom. The van der Waals surface area contributed by atoms with Crippen LogP contribution in [0.3, 0.4) is 0 Å².